The molecule has 0 heterocycles. The number of hydrogen-bond acceptors (Lipinski definition) is 3. The lowest BCUT2D eigenvalue weighted by Gasteiger charge is -2.29. The minimum atomic E-state index is -0.671. The molecule has 4 nitrogen and oxygen atoms in total. The first kappa shape index (κ1) is 23.9. The van der Waals surface area contributed by atoms with Gasteiger partial charge in [-0.3, -0.25) is 9.59 Å². The quantitative estimate of drug-likeness (QED) is 0.529. The second kappa shape index (κ2) is 12.4. The summed E-state index contributed by atoms with van der Waals surface area (Å²) in [5, 5.41) is 2.87. The number of carbonyl (C=O) groups excluding carboxylic acids is 2. The highest BCUT2D eigenvalue weighted by molar-refractivity contribution is 7.98. The molecule has 0 aromatic heterocycles. The highest BCUT2D eigenvalue weighted by Crippen LogP contribution is 2.17. The smallest absolute Gasteiger partial charge is 0.242 e. The van der Waals surface area contributed by atoms with Gasteiger partial charge < -0.3 is 10.2 Å². The summed E-state index contributed by atoms with van der Waals surface area (Å²) in [5.41, 5.74) is 1.62. The van der Waals surface area contributed by atoms with Gasteiger partial charge in [0.15, 0.2) is 0 Å². The number of carbonyl (C=O) groups is 2. The van der Waals surface area contributed by atoms with Crippen LogP contribution in [0.15, 0.2) is 54.6 Å². The Morgan fingerprint density at radius 1 is 1.03 bits per heavy atom. The lowest BCUT2D eigenvalue weighted by molar-refractivity contribution is -0.140. The fourth-order valence-corrected chi connectivity index (χ4v) is 3.80. The van der Waals surface area contributed by atoms with Crippen molar-refractivity contribution in [1.29, 1.82) is 0 Å². The fraction of sp³-hybridized carbons (Fsp3) is 0.417. The number of halogens is 1. The molecule has 0 saturated carbocycles. The van der Waals surface area contributed by atoms with E-state index in [2.05, 4.69) is 17.4 Å². The van der Waals surface area contributed by atoms with Crippen LogP contribution in [-0.4, -0.2) is 35.1 Å². The van der Waals surface area contributed by atoms with Crippen LogP contribution in [0.2, 0.25) is 0 Å². The maximum Gasteiger partial charge on any atom is 0.242 e. The maximum atomic E-state index is 14.2. The van der Waals surface area contributed by atoms with E-state index in [0.29, 0.717) is 30.2 Å². The summed E-state index contributed by atoms with van der Waals surface area (Å²) in [5.74, 6) is 1.04. The van der Waals surface area contributed by atoms with Crippen LogP contribution in [0, 0.1) is 11.7 Å². The van der Waals surface area contributed by atoms with Gasteiger partial charge in [-0.15, -0.1) is 0 Å². The summed E-state index contributed by atoms with van der Waals surface area (Å²) >= 11 is 1.67. The first-order valence-corrected chi connectivity index (χ1v) is 11.5. The highest BCUT2D eigenvalue weighted by atomic mass is 32.2. The molecule has 0 saturated heterocycles. The zero-order chi connectivity index (χ0) is 21.9. The van der Waals surface area contributed by atoms with Crippen LogP contribution in [0.25, 0.3) is 0 Å². The van der Waals surface area contributed by atoms with Crippen LogP contribution in [0.3, 0.4) is 0 Å². The minimum Gasteiger partial charge on any atom is -0.354 e. The van der Waals surface area contributed by atoms with Gasteiger partial charge in [0.1, 0.15) is 11.9 Å². The molecule has 0 aliphatic heterocycles. The Labute approximate surface area is 183 Å². The van der Waals surface area contributed by atoms with Crippen molar-refractivity contribution in [2.45, 2.75) is 45.5 Å². The summed E-state index contributed by atoms with van der Waals surface area (Å²) in [6.45, 7) is 6.34. The van der Waals surface area contributed by atoms with E-state index in [1.165, 1.54) is 16.5 Å². The number of nitrogens with one attached hydrogen (secondary N) is 1. The van der Waals surface area contributed by atoms with Gasteiger partial charge in [-0.05, 0) is 24.5 Å². The number of thioether (sulfide) groups is 1. The Morgan fingerprint density at radius 2 is 1.70 bits per heavy atom. The molecule has 2 aromatic rings. The summed E-state index contributed by atoms with van der Waals surface area (Å²) in [6, 6.07) is 15.8. The maximum absolute atomic E-state index is 14.2. The van der Waals surface area contributed by atoms with Crippen molar-refractivity contribution >= 4 is 23.6 Å². The van der Waals surface area contributed by atoms with Crippen molar-refractivity contribution in [3.8, 4) is 0 Å². The predicted molar refractivity (Wildman–Crippen MR) is 121 cm³/mol. The first-order chi connectivity index (χ1) is 14.4. The molecule has 0 spiro atoms. The molecule has 0 bridgehead atoms. The third-order valence-corrected chi connectivity index (χ3v) is 5.75. The van der Waals surface area contributed by atoms with Crippen LogP contribution in [0.4, 0.5) is 4.39 Å². The molecule has 0 radical (unpaired) electrons. The van der Waals surface area contributed by atoms with E-state index < -0.39 is 6.04 Å². The Balaban J connectivity index is 2.00. The van der Waals surface area contributed by atoms with Gasteiger partial charge in [0, 0.05) is 36.6 Å². The van der Waals surface area contributed by atoms with Gasteiger partial charge in [-0.2, -0.15) is 11.8 Å². The monoisotopic (exact) mass is 430 g/mol. The highest BCUT2D eigenvalue weighted by Gasteiger charge is 2.26. The Bertz CT molecular complexity index is 814. The van der Waals surface area contributed by atoms with Crippen LogP contribution >= 0.6 is 11.8 Å². The van der Waals surface area contributed by atoms with Gasteiger partial charge in [0.05, 0.1) is 0 Å². The molecule has 1 N–H and O–H groups in total. The molecule has 0 aliphatic rings. The lowest BCUT2D eigenvalue weighted by atomic mass is 10.1. The molecule has 0 unspecified atom stereocenters. The minimum absolute atomic E-state index is 0.0745. The van der Waals surface area contributed by atoms with E-state index >= 15 is 0 Å². The van der Waals surface area contributed by atoms with Crippen LogP contribution in [-0.2, 0) is 21.9 Å². The largest absolute Gasteiger partial charge is 0.354 e. The van der Waals surface area contributed by atoms with Crippen LogP contribution in [0.1, 0.15) is 38.3 Å². The summed E-state index contributed by atoms with van der Waals surface area (Å²) in [4.78, 5) is 27.0. The summed E-state index contributed by atoms with van der Waals surface area (Å²) in [7, 11) is 0. The van der Waals surface area contributed by atoms with Crippen molar-refractivity contribution in [1.82, 2.24) is 10.2 Å². The molecule has 0 aliphatic carbocycles. The van der Waals surface area contributed by atoms with Crippen molar-refractivity contribution in [2.24, 2.45) is 5.92 Å². The molecule has 2 aromatic carbocycles. The Hall–Kier alpha value is -2.34. The zero-order valence-electron chi connectivity index (χ0n) is 17.9. The van der Waals surface area contributed by atoms with Crippen molar-refractivity contribution in [3.05, 3.63) is 71.5 Å². The molecular weight excluding hydrogens is 399 g/mol. The molecule has 2 amide bonds. The average molecular weight is 431 g/mol. The molecule has 6 heteroatoms. The predicted octanol–water partition coefficient (Wildman–Crippen LogP) is 4.64. The average Bonchev–Trinajstić information content (AvgIpc) is 2.74. The second-order valence-corrected chi connectivity index (χ2v) is 8.82. The number of amides is 2. The zero-order valence-corrected chi connectivity index (χ0v) is 18.8. The SMILES string of the molecule is CC(C)CNC(=O)[C@@H](C)N(Cc1ccccc1F)C(=O)CCSCc1ccccc1. The van der Waals surface area contributed by atoms with Gasteiger partial charge in [0.25, 0.3) is 0 Å². The lowest BCUT2D eigenvalue weighted by Crippen LogP contribution is -2.48. The van der Waals surface area contributed by atoms with Gasteiger partial charge in [-0.25, -0.2) is 4.39 Å². The van der Waals surface area contributed by atoms with Crippen molar-refractivity contribution < 1.29 is 14.0 Å². The molecular formula is C24H31FN2O2S. The van der Waals surface area contributed by atoms with Gasteiger partial charge in [0.2, 0.25) is 11.8 Å². The van der Waals surface area contributed by atoms with Gasteiger partial charge in [-0.1, -0.05) is 62.4 Å². The third-order valence-electron chi connectivity index (χ3n) is 4.72. The summed E-state index contributed by atoms with van der Waals surface area (Å²) in [6.07, 6.45) is 0.299. The van der Waals surface area contributed by atoms with Gasteiger partial charge >= 0.3 is 0 Å². The van der Waals surface area contributed by atoms with Crippen molar-refractivity contribution in [3.63, 3.8) is 0 Å². The molecule has 30 heavy (non-hydrogen) atoms. The van der Waals surface area contributed by atoms with Crippen LogP contribution in [0.5, 0.6) is 0 Å². The van der Waals surface area contributed by atoms with E-state index in [1.54, 1.807) is 36.9 Å². The van der Waals surface area contributed by atoms with E-state index in [4.69, 9.17) is 0 Å². The number of hydrogen-bond donors (Lipinski definition) is 1. The second-order valence-electron chi connectivity index (χ2n) is 7.72. The Morgan fingerprint density at radius 3 is 2.37 bits per heavy atom. The molecule has 1 atom stereocenters. The number of nitrogens with zero attached hydrogens (tertiary/aromatic N) is 1. The number of benzene rings is 2. The molecule has 0 fully saturated rings. The normalized spacial score (nSPS) is 11.9. The van der Waals surface area contributed by atoms with E-state index in [0.717, 1.165) is 5.75 Å². The molecule has 162 valence electrons. The number of rotatable bonds is 11. The molecule has 2 rings (SSSR count). The first-order valence-electron chi connectivity index (χ1n) is 10.3. The van der Waals surface area contributed by atoms with Crippen LogP contribution < -0.4 is 5.32 Å². The van der Waals surface area contributed by atoms with E-state index in [-0.39, 0.29) is 24.2 Å². The van der Waals surface area contributed by atoms with Crippen molar-refractivity contribution in [2.75, 3.05) is 12.3 Å². The Kier molecular flexibility index (Phi) is 9.87. The standard InChI is InChI=1S/C24H31FN2O2S/c1-18(2)15-26-24(29)19(3)27(16-21-11-7-8-12-22(21)25)23(28)13-14-30-17-20-9-5-4-6-10-20/h4-12,18-19H,13-17H2,1-3H3,(H,26,29)/t19-/m1/s1. The fourth-order valence-electron chi connectivity index (χ4n) is 2.91. The third kappa shape index (κ3) is 7.82. The summed E-state index contributed by atoms with van der Waals surface area (Å²) < 4.78 is 14.2. The van der Waals surface area contributed by atoms with E-state index in [9.17, 15) is 14.0 Å². The topological polar surface area (TPSA) is 49.4 Å². The van der Waals surface area contributed by atoms with E-state index in [1.807, 2.05) is 32.0 Å².